The maximum atomic E-state index is 5.33. The van der Waals surface area contributed by atoms with Gasteiger partial charge in [0.2, 0.25) is 0 Å². The van der Waals surface area contributed by atoms with Crippen LogP contribution in [0.15, 0.2) is 195 Å². The van der Waals surface area contributed by atoms with Gasteiger partial charge < -0.3 is 4.90 Å². The molecule has 3 nitrogen and oxygen atoms in total. The average molecular weight is 766 g/mol. The first-order chi connectivity index (χ1) is 28.5. The van der Waals surface area contributed by atoms with E-state index in [2.05, 4.69) is 229 Å². The lowest BCUT2D eigenvalue weighted by Gasteiger charge is -2.43. The summed E-state index contributed by atoms with van der Waals surface area (Å²) in [4.78, 5) is 13.2. The van der Waals surface area contributed by atoms with E-state index in [9.17, 15) is 0 Å². The van der Waals surface area contributed by atoms with Crippen LogP contribution in [0.3, 0.4) is 0 Å². The number of hydrogen-bond donors (Lipinski definition) is 0. The van der Waals surface area contributed by atoms with Gasteiger partial charge in [-0.25, -0.2) is 9.97 Å². The molecule has 0 aliphatic carbocycles. The van der Waals surface area contributed by atoms with Crippen LogP contribution in [-0.2, 0) is 5.41 Å². The molecule has 8 aromatic rings. The minimum Gasteiger partial charge on any atom is -0.331 e. The Morgan fingerprint density at radius 1 is 0.441 bits per heavy atom. The molecule has 0 N–H and O–H groups in total. The Balaban J connectivity index is 1.50. The molecule has 59 heavy (non-hydrogen) atoms. The highest BCUT2D eigenvalue weighted by atomic mass is 15.2. The van der Waals surface area contributed by atoms with Gasteiger partial charge in [0, 0.05) is 33.4 Å². The third kappa shape index (κ3) is 8.02. The number of hydrogen-bond acceptors (Lipinski definition) is 3. The van der Waals surface area contributed by atoms with Crippen LogP contribution in [0, 0.1) is 6.92 Å². The molecule has 1 aromatic heterocycles. The molecule has 3 heteroatoms. The summed E-state index contributed by atoms with van der Waals surface area (Å²) in [6.45, 7) is 18.1. The van der Waals surface area contributed by atoms with Crippen LogP contribution in [0.1, 0.15) is 45.7 Å². The fraction of sp³-hybridized carbons (Fsp3) is 0.143. The van der Waals surface area contributed by atoms with E-state index in [0.717, 1.165) is 61.7 Å². The molecule has 0 bridgehead atoms. The number of anilines is 2. The second-order valence-electron chi connectivity index (χ2n) is 16.8. The lowest BCUT2D eigenvalue weighted by atomic mass is 9.82. The Hall–Kier alpha value is -6.84. The quantitative estimate of drug-likeness (QED) is 0.130. The van der Waals surface area contributed by atoms with E-state index in [-0.39, 0.29) is 5.41 Å². The van der Waals surface area contributed by atoms with Crippen molar-refractivity contribution in [2.24, 2.45) is 0 Å². The van der Waals surface area contributed by atoms with Crippen molar-refractivity contribution in [3.63, 3.8) is 0 Å². The summed E-state index contributed by atoms with van der Waals surface area (Å²) >= 11 is 0. The SMILES string of the molecule is C=CC(C)(C)N(c1c(C)cc(C(C)(C)C)cc1-c1ccccc1)c1c(-c2ccccc2)cc(-c2nc(-c3ccccc3)cc(-c3ccccc3)n2)cc1-c1ccccc1. The Bertz CT molecular complexity index is 2600. The minimum atomic E-state index is -0.545. The standard InChI is InChI=1S/C56H51N3/c1-8-56(6,7)59(52-39(2)34-46(55(3,4)5)37-49(52)42-28-18-11-19-29-42)53-47(40-24-14-9-15-25-40)35-45(36-48(53)41-26-16-10-17-27-41)54-57-50(43-30-20-12-21-31-43)38-51(58-54)44-32-22-13-23-33-44/h8-38H,1H2,2-7H3. The van der Waals surface area contributed by atoms with E-state index >= 15 is 0 Å². The highest BCUT2D eigenvalue weighted by molar-refractivity contribution is 6.00. The second-order valence-corrected chi connectivity index (χ2v) is 16.8. The molecule has 0 saturated carbocycles. The van der Waals surface area contributed by atoms with E-state index in [1.165, 1.54) is 22.3 Å². The van der Waals surface area contributed by atoms with Crippen molar-refractivity contribution >= 4 is 11.4 Å². The van der Waals surface area contributed by atoms with E-state index in [1.807, 2.05) is 12.1 Å². The predicted octanol–water partition coefficient (Wildman–Crippen LogP) is 15.2. The summed E-state index contributed by atoms with van der Waals surface area (Å²) in [7, 11) is 0. The van der Waals surface area contributed by atoms with Crippen LogP contribution in [0.5, 0.6) is 0 Å². The molecule has 0 amide bonds. The first-order valence-electron chi connectivity index (χ1n) is 20.5. The largest absolute Gasteiger partial charge is 0.331 e. The fourth-order valence-corrected chi connectivity index (χ4v) is 7.90. The first kappa shape index (κ1) is 39.0. The Labute approximate surface area is 350 Å². The van der Waals surface area contributed by atoms with Crippen LogP contribution in [0.4, 0.5) is 11.4 Å². The molecule has 0 radical (unpaired) electrons. The Morgan fingerprint density at radius 3 is 1.19 bits per heavy atom. The minimum absolute atomic E-state index is 0.0511. The molecule has 290 valence electrons. The maximum Gasteiger partial charge on any atom is 0.160 e. The predicted molar refractivity (Wildman–Crippen MR) is 251 cm³/mol. The highest BCUT2D eigenvalue weighted by Gasteiger charge is 2.34. The summed E-state index contributed by atoms with van der Waals surface area (Å²) in [5, 5.41) is 0. The molecule has 8 rings (SSSR count). The van der Waals surface area contributed by atoms with Crippen LogP contribution < -0.4 is 4.90 Å². The third-order valence-electron chi connectivity index (χ3n) is 11.2. The summed E-state index contributed by atoms with van der Waals surface area (Å²) in [5.41, 5.74) is 15.6. The first-order valence-corrected chi connectivity index (χ1v) is 20.5. The molecular formula is C56H51N3. The normalized spacial score (nSPS) is 11.6. The van der Waals surface area contributed by atoms with Crippen molar-refractivity contribution in [1.82, 2.24) is 9.97 Å². The van der Waals surface area contributed by atoms with Gasteiger partial charge in [0.25, 0.3) is 0 Å². The van der Waals surface area contributed by atoms with E-state index in [1.54, 1.807) is 0 Å². The van der Waals surface area contributed by atoms with Gasteiger partial charge in [-0.3, -0.25) is 0 Å². The molecule has 0 fully saturated rings. The van der Waals surface area contributed by atoms with Crippen molar-refractivity contribution in [1.29, 1.82) is 0 Å². The zero-order valence-electron chi connectivity index (χ0n) is 34.9. The zero-order valence-corrected chi connectivity index (χ0v) is 34.9. The molecular weight excluding hydrogens is 715 g/mol. The lowest BCUT2D eigenvalue weighted by molar-refractivity contribution is 0.589. The lowest BCUT2D eigenvalue weighted by Crippen LogP contribution is -2.40. The highest BCUT2D eigenvalue weighted by Crippen LogP contribution is 2.52. The van der Waals surface area contributed by atoms with Crippen LogP contribution in [0.25, 0.3) is 67.3 Å². The van der Waals surface area contributed by atoms with Crippen LogP contribution in [0.2, 0.25) is 0 Å². The Kier molecular flexibility index (Phi) is 10.7. The number of benzene rings is 7. The van der Waals surface area contributed by atoms with Crippen LogP contribution in [-0.4, -0.2) is 15.5 Å². The van der Waals surface area contributed by atoms with E-state index < -0.39 is 5.54 Å². The smallest absolute Gasteiger partial charge is 0.160 e. The van der Waals surface area contributed by atoms with Gasteiger partial charge in [0.15, 0.2) is 5.82 Å². The molecule has 7 aromatic carbocycles. The van der Waals surface area contributed by atoms with E-state index in [4.69, 9.17) is 9.97 Å². The van der Waals surface area contributed by atoms with Crippen molar-refractivity contribution in [2.45, 2.75) is 52.5 Å². The van der Waals surface area contributed by atoms with Gasteiger partial charge >= 0.3 is 0 Å². The number of aromatic nitrogens is 2. The fourth-order valence-electron chi connectivity index (χ4n) is 7.90. The maximum absolute atomic E-state index is 5.33. The van der Waals surface area contributed by atoms with Gasteiger partial charge in [0.1, 0.15) is 0 Å². The second kappa shape index (κ2) is 16.2. The average Bonchev–Trinajstić information content (AvgIpc) is 3.27. The molecule has 0 saturated heterocycles. The van der Waals surface area contributed by atoms with E-state index in [0.29, 0.717) is 5.82 Å². The summed E-state index contributed by atoms with van der Waals surface area (Å²) in [5.74, 6) is 0.663. The molecule has 0 unspecified atom stereocenters. The topological polar surface area (TPSA) is 29.0 Å². The van der Waals surface area contributed by atoms with Crippen LogP contribution >= 0.6 is 0 Å². The van der Waals surface area contributed by atoms with Crippen molar-refractivity contribution in [2.75, 3.05) is 4.90 Å². The summed E-state index contributed by atoms with van der Waals surface area (Å²) < 4.78 is 0. The van der Waals surface area contributed by atoms with Gasteiger partial charge in [-0.1, -0.05) is 185 Å². The number of rotatable bonds is 10. The van der Waals surface area contributed by atoms with Gasteiger partial charge in [-0.2, -0.15) is 0 Å². The van der Waals surface area contributed by atoms with Crippen molar-refractivity contribution < 1.29 is 0 Å². The molecule has 1 heterocycles. The van der Waals surface area contributed by atoms with Gasteiger partial charge in [-0.15, -0.1) is 6.58 Å². The zero-order chi connectivity index (χ0) is 41.1. The Morgan fingerprint density at radius 2 is 0.814 bits per heavy atom. The summed E-state index contributed by atoms with van der Waals surface area (Å²) in [6, 6.07) is 64.5. The molecule has 0 aliphatic heterocycles. The van der Waals surface area contributed by atoms with Crippen molar-refractivity contribution in [3.05, 3.63) is 206 Å². The number of nitrogens with zero attached hydrogens (tertiary/aromatic N) is 3. The molecule has 0 spiro atoms. The van der Waals surface area contributed by atoms with Gasteiger partial charge in [0.05, 0.1) is 28.3 Å². The third-order valence-corrected chi connectivity index (χ3v) is 11.2. The van der Waals surface area contributed by atoms with Crippen molar-refractivity contribution in [3.8, 4) is 67.3 Å². The molecule has 0 aliphatic rings. The monoisotopic (exact) mass is 765 g/mol. The van der Waals surface area contributed by atoms with Gasteiger partial charge in [-0.05, 0) is 78.3 Å². The number of aryl methyl sites for hydroxylation is 1. The summed E-state index contributed by atoms with van der Waals surface area (Å²) in [6.07, 6.45) is 2.08. The molecule has 0 atom stereocenters.